The number of carbonyl (C=O) groups excluding carboxylic acids is 1. The number of primary amides is 1. The van der Waals surface area contributed by atoms with Crippen molar-refractivity contribution in [1.29, 1.82) is 0 Å². The number of hydrogen-bond donors (Lipinski definition) is 2. The van der Waals surface area contributed by atoms with E-state index < -0.39 is 6.03 Å². The predicted octanol–water partition coefficient (Wildman–Crippen LogP) is 1.19. The molecule has 18 heavy (non-hydrogen) atoms. The van der Waals surface area contributed by atoms with E-state index in [-0.39, 0.29) is 5.54 Å². The molecular weight excluding hydrogens is 228 g/mol. The van der Waals surface area contributed by atoms with Gasteiger partial charge in [0.1, 0.15) is 0 Å². The summed E-state index contributed by atoms with van der Waals surface area (Å²) in [7, 11) is 0. The van der Waals surface area contributed by atoms with Crippen LogP contribution in [0.25, 0.3) is 0 Å². The van der Waals surface area contributed by atoms with Crippen LogP contribution in [0.1, 0.15) is 18.4 Å². The number of nitrogens with zero attached hydrogens (tertiary/aromatic N) is 2. The van der Waals surface area contributed by atoms with E-state index in [1.54, 1.807) is 6.34 Å². The van der Waals surface area contributed by atoms with Crippen LogP contribution in [-0.4, -0.2) is 25.5 Å². The summed E-state index contributed by atoms with van der Waals surface area (Å²) in [5.41, 5.74) is 7.16. The molecule has 0 unspecified atom stereocenters. The fraction of sp³-hybridized carbons (Fsp3) is 0.385. The van der Waals surface area contributed by atoms with Gasteiger partial charge in [-0.3, -0.25) is 9.89 Å². The summed E-state index contributed by atoms with van der Waals surface area (Å²) >= 11 is 0. The lowest BCUT2D eigenvalue weighted by atomic mass is 9.80. The molecule has 0 bridgehead atoms. The Morgan fingerprint density at radius 3 is 2.78 bits per heavy atom. The lowest BCUT2D eigenvalue weighted by Crippen LogP contribution is -2.45. The van der Waals surface area contributed by atoms with Gasteiger partial charge in [-0.2, -0.15) is 0 Å². The highest BCUT2D eigenvalue weighted by atomic mass is 16.2. The molecule has 0 atom stereocenters. The van der Waals surface area contributed by atoms with Gasteiger partial charge in [0.05, 0.1) is 17.6 Å². The topological polar surface area (TPSA) is 70.7 Å². The minimum atomic E-state index is -0.491. The number of rotatable bonds is 0. The number of para-hydroxylation sites is 1. The molecule has 1 fully saturated rings. The fourth-order valence-corrected chi connectivity index (χ4v) is 2.79. The number of urea groups is 1. The van der Waals surface area contributed by atoms with E-state index >= 15 is 0 Å². The zero-order valence-electron chi connectivity index (χ0n) is 10.1. The minimum Gasteiger partial charge on any atom is -0.351 e. The molecule has 1 saturated heterocycles. The quantitative estimate of drug-likeness (QED) is 0.719. The third kappa shape index (κ3) is 1.59. The zero-order valence-corrected chi connectivity index (χ0v) is 10.1. The van der Waals surface area contributed by atoms with Crippen molar-refractivity contribution < 1.29 is 4.79 Å². The van der Waals surface area contributed by atoms with Gasteiger partial charge >= 0.3 is 6.03 Å². The lowest BCUT2D eigenvalue weighted by Gasteiger charge is -2.40. The van der Waals surface area contributed by atoms with Gasteiger partial charge in [-0.15, -0.1) is 0 Å². The van der Waals surface area contributed by atoms with Crippen LogP contribution >= 0.6 is 0 Å². The summed E-state index contributed by atoms with van der Waals surface area (Å²) < 4.78 is 0. The van der Waals surface area contributed by atoms with Crippen molar-refractivity contribution in [2.45, 2.75) is 18.4 Å². The maximum Gasteiger partial charge on any atom is 0.324 e. The second-order valence-corrected chi connectivity index (χ2v) is 4.75. The highest BCUT2D eigenvalue weighted by Crippen LogP contribution is 2.42. The molecule has 2 aliphatic rings. The Hall–Kier alpha value is -1.88. The van der Waals surface area contributed by atoms with Crippen molar-refractivity contribution in [3.05, 3.63) is 29.8 Å². The number of nitrogens with one attached hydrogen (secondary N) is 1. The molecule has 2 aliphatic heterocycles. The molecule has 2 amide bonds. The van der Waals surface area contributed by atoms with Gasteiger partial charge in [-0.05, 0) is 32.0 Å². The number of piperidine rings is 1. The van der Waals surface area contributed by atoms with Crippen molar-refractivity contribution in [2.24, 2.45) is 10.7 Å². The average Bonchev–Trinajstić information content (AvgIpc) is 2.40. The Balaban J connectivity index is 2.11. The van der Waals surface area contributed by atoms with E-state index in [0.29, 0.717) is 0 Å². The summed E-state index contributed by atoms with van der Waals surface area (Å²) in [4.78, 5) is 17.5. The number of nitrogens with two attached hydrogens (primary N) is 1. The second kappa shape index (κ2) is 4.10. The molecule has 0 aliphatic carbocycles. The Labute approximate surface area is 106 Å². The van der Waals surface area contributed by atoms with Gasteiger partial charge in [-0.25, -0.2) is 4.79 Å². The standard InChI is InChI=1S/C13H16N4O/c14-12(18)17-9-16-13(5-7-15-8-6-13)10-3-1-2-4-11(10)17/h1-4,9,15H,5-8H2,(H2,14,18). The normalized spacial score (nSPS) is 20.8. The van der Waals surface area contributed by atoms with E-state index in [4.69, 9.17) is 5.73 Å². The molecule has 3 rings (SSSR count). The summed E-state index contributed by atoms with van der Waals surface area (Å²) in [6.07, 6.45) is 3.48. The molecule has 1 spiro atoms. The highest BCUT2D eigenvalue weighted by molar-refractivity contribution is 6.08. The van der Waals surface area contributed by atoms with Crippen LogP contribution in [0.4, 0.5) is 10.5 Å². The molecule has 3 N–H and O–H groups in total. The summed E-state index contributed by atoms with van der Waals surface area (Å²) in [5, 5.41) is 3.34. The maximum absolute atomic E-state index is 11.4. The van der Waals surface area contributed by atoms with Crippen LogP contribution in [0.5, 0.6) is 0 Å². The van der Waals surface area contributed by atoms with Gasteiger partial charge in [0.15, 0.2) is 0 Å². The van der Waals surface area contributed by atoms with Crippen molar-refractivity contribution in [3.63, 3.8) is 0 Å². The molecular formula is C13H16N4O. The third-order valence-corrected chi connectivity index (χ3v) is 3.75. The van der Waals surface area contributed by atoms with Crippen molar-refractivity contribution in [2.75, 3.05) is 18.0 Å². The second-order valence-electron chi connectivity index (χ2n) is 4.75. The third-order valence-electron chi connectivity index (χ3n) is 3.75. The van der Waals surface area contributed by atoms with E-state index in [0.717, 1.165) is 37.2 Å². The number of hydrogen-bond acceptors (Lipinski definition) is 3. The molecule has 0 aromatic heterocycles. The van der Waals surface area contributed by atoms with E-state index in [1.165, 1.54) is 4.90 Å². The van der Waals surface area contributed by atoms with E-state index in [9.17, 15) is 4.79 Å². The van der Waals surface area contributed by atoms with Gasteiger partial charge in [0.25, 0.3) is 0 Å². The first-order valence-corrected chi connectivity index (χ1v) is 6.17. The molecule has 5 nitrogen and oxygen atoms in total. The van der Waals surface area contributed by atoms with Gasteiger partial charge in [0, 0.05) is 5.56 Å². The zero-order chi connectivity index (χ0) is 12.6. The van der Waals surface area contributed by atoms with Crippen LogP contribution in [-0.2, 0) is 5.54 Å². The van der Waals surface area contributed by atoms with Crippen LogP contribution in [0.2, 0.25) is 0 Å². The van der Waals surface area contributed by atoms with Gasteiger partial charge in [-0.1, -0.05) is 18.2 Å². The molecule has 94 valence electrons. The fourth-order valence-electron chi connectivity index (χ4n) is 2.79. The van der Waals surface area contributed by atoms with Gasteiger partial charge < -0.3 is 11.1 Å². The number of carbonyl (C=O) groups is 1. The Morgan fingerprint density at radius 1 is 1.33 bits per heavy atom. The molecule has 2 heterocycles. The van der Waals surface area contributed by atoms with E-state index in [1.807, 2.05) is 24.3 Å². The lowest BCUT2D eigenvalue weighted by molar-refractivity contribution is 0.256. The maximum atomic E-state index is 11.4. The van der Waals surface area contributed by atoms with Crippen molar-refractivity contribution in [3.8, 4) is 0 Å². The first-order chi connectivity index (χ1) is 8.73. The Bertz CT molecular complexity index is 505. The van der Waals surface area contributed by atoms with Crippen LogP contribution in [0.15, 0.2) is 29.3 Å². The van der Waals surface area contributed by atoms with Crippen LogP contribution in [0.3, 0.4) is 0 Å². The SMILES string of the molecule is NC(=O)N1C=NC2(CCNCC2)c2ccccc21. The monoisotopic (exact) mass is 244 g/mol. The van der Waals surface area contributed by atoms with E-state index in [2.05, 4.69) is 10.3 Å². The first-order valence-electron chi connectivity index (χ1n) is 6.17. The summed E-state index contributed by atoms with van der Waals surface area (Å²) in [6.45, 7) is 1.89. The number of amides is 2. The number of anilines is 1. The van der Waals surface area contributed by atoms with Crippen LogP contribution in [0, 0.1) is 0 Å². The number of benzene rings is 1. The molecule has 5 heteroatoms. The number of fused-ring (bicyclic) bond motifs is 2. The average molecular weight is 244 g/mol. The van der Waals surface area contributed by atoms with Gasteiger partial charge in [0.2, 0.25) is 0 Å². The first kappa shape index (κ1) is 11.2. The minimum absolute atomic E-state index is 0.187. The molecule has 0 radical (unpaired) electrons. The smallest absolute Gasteiger partial charge is 0.324 e. The molecule has 1 aromatic carbocycles. The summed E-state index contributed by atoms with van der Waals surface area (Å²) in [6, 6.07) is 7.39. The predicted molar refractivity (Wildman–Crippen MR) is 70.8 cm³/mol. The highest BCUT2D eigenvalue weighted by Gasteiger charge is 2.38. The Morgan fingerprint density at radius 2 is 2.06 bits per heavy atom. The largest absolute Gasteiger partial charge is 0.351 e. The molecule has 0 saturated carbocycles. The van der Waals surface area contributed by atoms with Crippen LogP contribution < -0.4 is 16.0 Å². The van der Waals surface area contributed by atoms with Crippen molar-refractivity contribution >= 4 is 18.1 Å². The Kier molecular flexibility index (Phi) is 2.56. The summed E-state index contributed by atoms with van der Waals surface area (Å²) in [5.74, 6) is 0. The number of aliphatic imine (C=N–C) groups is 1. The van der Waals surface area contributed by atoms with Crippen molar-refractivity contribution in [1.82, 2.24) is 5.32 Å². The molecule has 1 aromatic rings.